The lowest BCUT2D eigenvalue weighted by Crippen LogP contribution is -2.55. The van der Waals surface area contributed by atoms with Gasteiger partial charge >= 0.3 is 0 Å². The number of carbonyl (C=O) groups excluding carboxylic acids is 3. The second-order valence-electron chi connectivity index (χ2n) is 8.39. The Labute approximate surface area is 204 Å². The van der Waals surface area contributed by atoms with Gasteiger partial charge in [-0.1, -0.05) is 42.3 Å². The smallest absolute Gasteiger partial charge is 0.253 e. The van der Waals surface area contributed by atoms with Crippen LogP contribution in [0.1, 0.15) is 53.8 Å². The maximum Gasteiger partial charge on any atom is 0.253 e. The van der Waals surface area contributed by atoms with Crippen LogP contribution in [0.15, 0.2) is 48.5 Å². The van der Waals surface area contributed by atoms with Crippen molar-refractivity contribution in [3.8, 4) is 0 Å². The van der Waals surface area contributed by atoms with Crippen LogP contribution in [0.4, 0.5) is 0 Å². The molecular formula is C25H29Cl2N3O3. The number of hydrogen-bond acceptors (Lipinski definition) is 3. The molecule has 1 fully saturated rings. The van der Waals surface area contributed by atoms with Gasteiger partial charge < -0.3 is 15.5 Å². The number of benzene rings is 2. The van der Waals surface area contributed by atoms with Crippen molar-refractivity contribution in [1.29, 1.82) is 0 Å². The molecule has 2 N–H and O–H groups in total. The fourth-order valence-electron chi connectivity index (χ4n) is 3.91. The largest absolute Gasteiger partial charge is 0.352 e. The third kappa shape index (κ3) is 6.49. The molecule has 0 aliphatic carbocycles. The van der Waals surface area contributed by atoms with Crippen LogP contribution in [0.25, 0.3) is 0 Å². The zero-order valence-corrected chi connectivity index (χ0v) is 20.3. The number of hydrogen-bond donors (Lipinski definition) is 2. The summed E-state index contributed by atoms with van der Waals surface area (Å²) >= 11 is 12.1. The number of halogens is 2. The molecule has 0 saturated carbocycles. The maximum atomic E-state index is 13.1. The van der Waals surface area contributed by atoms with Crippen LogP contribution < -0.4 is 10.6 Å². The maximum absolute atomic E-state index is 13.1. The first-order valence-corrected chi connectivity index (χ1v) is 12.0. The Kier molecular flexibility index (Phi) is 8.75. The summed E-state index contributed by atoms with van der Waals surface area (Å²) in [6.45, 7) is 4.92. The first-order chi connectivity index (χ1) is 15.8. The highest BCUT2D eigenvalue weighted by Gasteiger charge is 2.34. The van der Waals surface area contributed by atoms with Crippen LogP contribution >= 0.6 is 23.2 Å². The molecule has 0 spiro atoms. The molecule has 8 heteroatoms. The quantitative estimate of drug-likeness (QED) is 0.598. The van der Waals surface area contributed by atoms with E-state index >= 15 is 0 Å². The molecule has 3 rings (SSSR count). The lowest BCUT2D eigenvalue weighted by Gasteiger charge is -2.36. The summed E-state index contributed by atoms with van der Waals surface area (Å²) < 4.78 is 0. The molecule has 1 heterocycles. The van der Waals surface area contributed by atoms with Gasteiger partial charge in [0.25, 0.3) is 11.8 Å². The van der Waals surface area contributed by atoms with Crippen molar-refractivity contribution in [3.63, 3.8) is 0 Å². The molecule has 2 aromatic rings. The Morgan fingerprint density at radius 3 is 2.24 bits per heavy atom. The van der Waals surface area contributed by atoms with E-state index in [1.807, 2.05) is 13.8 Å². The van der Waals surface area contributed by atoms with Gasteiger partial charge in [-0.2, -0.15) is 0 Å². The average Bonchev–Trinajstić information content (AvgIpc) is 2.82. The van der Waals surface area contributed by atoms with Crippen molar-refractivity contribution in [2.24, 2.45) is 5.92 Å². The molecule has 1 saturated heterocycles. The normalized spacial score (nSPS) is 16.1. The van der Waals surface area contributed by atoms with Gasteiger partial charge in [0.1, 0.15) is 6.04 Å². The fraction of sp³-hybridized carbons (Fsp3) is 0.400. The molecular weight excluding hydrogens is 461 g/mol. The number of nitrogens with zero attached hydrogens (tertiary/aromatic N) is 1. The van der Waals surface area contributed by atoms with E-state index in [2.05, 4.69) is 10.6 Å². The molecule has 0 bridgehead atoms. The topological polar surface area (TPSA) is 78.5 Å². The predicted molar refractivity (Wildman–Crippen MR) is 131 cm³/mol. The van der Waals surface area contributed by atoms with Crippen LogP contribution in [0.2, 0.25) is 10.0 Å². The minimum atomic E-state index is -0.712. The Balaban J connectivity index is 1.71. The van der Waals surface area contributed by atoms with Crippen LogP contribution in [-0.2, 0) is 4.79 Å². The molecule has 1 aliphatic rings. The first kappa shape index (κ1) is 25.1. The van der Waals surface area contributed by atoms with Crippen LogP contribution in [-0.4, -0.2) is 47.8 Å². The highest BCUT2D eigenvalue weighted by Crippen LogP contribution is 2.24. The lowest BCUT2D eigenvalue weighted by molar-refractivity contribution is -0.125. The monoisotopic (exact) mass is 489 g/mol. The van der Waals surface area contributed by atoms with Crippen molar-refractivity contribution in [2.45, 2.75) is 45.2 Å². The van der Waals surface area contributed by atoms with Gasteiger partial charge in [-0.25, -0.2) is 0 Å². The lowest BCUT2D eigenvalue weighted by atomic mass is 9.88. The van der Waals surface area contributed by atoms with Gasteiger partial charge in [0.2, 0.25) is 5.91 Å². The van der Waals surface area contributed by atoms with E-state index in [1.54, 1.807) is 53.4 Å². The van der Waals surface area contributed by atoms with Gasteiger partial charge in [0.15, 0.2) is 0 Å². The summed E-state index contributed by atoms with van der Waals surface area (Å²) in [4.78, 5) is 40.6. The van der Waals surface area contributed by atoms with Crippen LogP contribution in [0, 0.1) is 5.92 Å². The highest BCUT2D eigenvalue weighted by atomic mass is 35.5. The standard InChI is InChI=1S/C25H29Cl2N3O3/c1-3-16(2)28-24(32)22(29-23(31)20-6-4-5-7-21(20)27)17-12-14-30(15-13-17)25(33)18-8-10-19(26)11-9-18/h4-11,16-17,22H,3,12-15H2,1-2H3,(H,28,32)(H,29,31)/t16-,22-/m1/s1. The van der Waals surface area contributed by atoms with Crippen molar-refractivity contribution in [1.82, 2.24) is 15.5 Å². The third-order valence-corrected chi connectivity index (χ3v) is 6.66. The summed E-state index contributed by atoms with van der Waals surface area (Å²) in [6, 6.07) is 12.9. The third-order valence-electron chi connectivity index (χ3n) is 6.08. The van der Waals surface area contributed by atoms with E-state index in [1.165, 1.54) is 0 Å². The number of piperidine rings is 1. The molecule has 3 amide bonds. The van der Waals surface area contributed by atoms with Crippen molar-refractivity contribution in [3.05, 3.63) is 69.7 Å². The molecule has 2 aromatic carbocycles. The number of amides is 3. The Morgan fingerprint density at radius 2 is 1.64 bits per heavy atom. The van der Waals surface area contributed by atoms with E-state index in [9.17, 15) is 14.4 Å². The van der Waals surface area contributed by atoms with Gasteiger partial charge in [0.05, 0.1) is 10.6 Å². The van der Waals surface area contributed by atoms with E-state index < -0.39 is 6.04 Å². The Bertz CT molecular complexity index is 989. The number of likely N-dealkylation sites (tertiary alicyclic amines) is 1. The average molecular weight is 490 g/mol. The van der Waals surface area contributed by atoms with Gasteiger partial charge in [-0.05, 0) is 68.5 Å². The predicted octanol–water partition coefficient (Wildman–Crippen LogP) is 4.56. The van der Waals surface area contributed by atoms with Crippen molar-refractivity contribution >= 4 is 40.9 Å². The second kappa shape index (κ2) is 11.5. The Morgan fingerprint density at radius 1 is 1.00 bits per heavy atom. The minimum absolute atomic E-state index is 0.0104. The summed E-state index contributed by atoms with van der Waals surface area (Å²) in [5.41, 5.74) is 0.909. The molecule has 1 aliphatic heterocycles. The number of rotatable bonds is 7. The summed E-state index contributed by atoms with van der Waals surface area (Å²) in [5, 5.41) is 6.80. The van der Waals surface area contributed by atoms with Crippen LogP contribution in [0.3, 0.4) is 0 Å². The van der Waals surface area contributed by atoms with Gasteiger partial charge in [-0.15, -0.1) is 0 Å². The second-order valence-corrected chi connectivity index (χ2v) is 9.23. The van der Waals surface area contributed by atoms with E-state index in [0.717, 1.165) is 6.42 Å². The van der Waals surface area contributed by atoms with Crippen LogP contribution in [0.5, 0.6) is 0 Å². The zero-order chi connectivity index (χ0) is 24.0. The molecule has 0 aromatic heterocycles. The molecule has 0 unspecified atom stereocenters. The molecule has 6 nitrogen and oxygen atoms in total. The fourth-order valence-corrected chi connectivity index (χ4v) is 4.25. The first-order valence-electron chi connectivity index (χ1n) is 11.2. The van der Waals surface area contributed by atoms with E-state index in [0.29, 0.717) is 47.1 Å². The summed E-state index contributed by atoms with van der Waals surface area (Å²) in [7, 11) is 0. The molecule has 2 atom stereocenters. The van der Waals surface area contributed by atoms with Gasteiger partial charge in [-0.3, -0.25) is 14.4 Å². The van der Waals surface area contributed by atoms with Crippen molar-refractivity contribution < 1.29 is 14.4 Å². The van der Waals surface area contributed by atoms with Crippen molar-refractivity contribution in [2.75, 3.05) is 13.1 Å². The van der Waals surface area contributed by atoms with E-state index in [-0.39, 0.29) is 29.7 Å². The Hall–Kier alpha value is -2.57. The van der Waals surface area contributed by atoms with Gasteiger partial charge in [0, 0.05) is 29.7 Å². The zero-order valence-electron chi connectivity index (χ0n) is 18.8. The minimum Gasteiger partial charge on any atom is -0.352 e. The summed E-state index contributed by atoms with van der Waals surface area (Å²) in [6.07, 6.45) is 1.98. The molecule has 176 valence electrons. The highest BCUT2D eigenvalue weighted by molar-refractivity contribution is 6.33. The molecule has 0 radical (unpaired) electrons. The number of nitrogens with one attached hydrogen (secondary N) is 2. The summed E-state index contributed by atoms with van der Waals surface area (Å²) in [5.74, 6) is -0.766. The SMILES string of the molecule is CC[C@@H](C)NC(=O)[C@H](NC(=O)c1ccccc1Cl)C1CCN(C(=O)c2ccc(Cl)cc2)CC1. The number of carbonyl (C=O) groups is 3. The van der Waals surface area contributed by atoms with E-state index in [4.69, 9.17) is 23.2 Å². The molecule has 33 heavy (non-hydrogen) atoms.